The second-order valence-electron chi connectivity index (χ2n) is 6.83. The number of esters is 1. The molecule has 1 N–H and O–H groups in total. The first-order chi connectivity index (χ1) is 13.8. The van der Waals surface area contributed by atoms with Crippen molar-refractivity contribution in [1.82, 2.24) is 0 Å². The molecule has 2 aromatic carbocycles. The highest BCUT2D eigenvalue weighted by Gasteiger charge is 2.14. The van der Waals surface area contributed by atoms with Crippen LogP contribution in [0.25, 0.3) is 0 Å². The molecule has 154 valence electrons. The number of hydrogen-bond acceptors (Lipinski definition) is 6. The van der Waals surface area contributed by atoms with Crippen LogP contribution in [-0.4, -0.2) is 38.0 Å². The SMILES string of the molecule is COc1cc(C(=O)OCC(=O)Nc2ccc(C(C)=O)cc2)ccc1OCC(C)C. The molecule has 0 saturated heterocycles. The molecule has 7 nitrogen and oxygen atoms in total. The van der Waals surface area contributed by atoms with Gasteiger partial charge in [-0.25, -0.2) is 4.79 Å². The smallest absolute Gasteiger partial charge is 0.338 e. The average Bonchev–Trinajstić information content (AvgIpc) is 2.70. The van der Waals surface area contributed by atoms with Crippen LogP contribution in [0.3, 0.4) is 0 Å². The predicted molar refractivity (Wildman–Crippen MR) is 109 cm³/mol. The van der Waals surface area contributed by atoms with Gasteiger partial charge < -0.3 is 19.5 Å². The van der Waals surface area contributed by atoms with Crippen LogP contribution in [0.2, 0.25) is 0 Å². The second-order valence-corrected chi connectivity index (χ2v) is 6.83. The van der Waals surface area contributed by atoms with Crippen LogP contribution in [0.4, 0.5) is 5.69 Å². The maximum absolute atomic E-state index is 12.2. The summed E-state index contributed by atoms with van der Waals surface area (Å²) < 4.78 is 16.0. The number of amides is 1. The van der Waals surface area contributed by atoms with Gasteiger partial charge in [0.1, 0.15) is 0 Å². The maximum Gasteiger partial charge on any atom is 0.338 e. The van der Waals surface area contributed by atoms with Crippen molar-refractivity contribution in [3.63, 3.8) is 0 Å². The van der Waals surface area contributed by atoms with Crippen LogP contribution in [0, 0.1) is 5.92 Å². The lowest BCUT2D eigenvalue weighted by Gasteiger charge is -2.13. The summed E-state index contributed by atoms with van der Waals surface area (Å²) in [5, 5.41) is 2.60. The number of ketones is 1. The van der Waals surface area contributed by atoms with Gasteiger partial charge in [0.2, 0.25) is 0 Å². The van der Waals surface area contributed by atoms with E-state index in [1.54, 1.807) is 36.4 Å². The van der Waals surface area contributed by atoms with E-state index in [0.29, 0.717) is 35.3 Å². The summed E-state index contributed by atoms with van der Waals surface area (Å²) in [6, 6.07) is 11.1. The van der Waals surface area contributed by atoms with Crippen molar-refractivity contribution in [1.29, 1.82) is 0 Å². The Morgan fingerprint density at radius 3 is 2.21 bits per heavy atom. The van der Waals surface area contributed by atoms with Crippen molar-refractivity contribution in [2.45, 2.75) is 20.8 Å². The van der Waals surface area contributed by atoms with Gasteiger partial charge in [-0.15, -0.1) is 0 Å². The number of carbonyl (C=O) groups excluding carboxylic acids is 3. The standard InChI is InChI=1S/C22H25NO6/c1-14(2)12-28-19-10-7-17(11-20(19)27-4)22(26)29-13-21(25)23-18-8-5-16(6-9-18)15(3)24/h5-11,14H,12-13H2,1-4H3,(H,23,25). The van der Waals surface area contributed by atoms with Gasteiger partial charge >= 0.3 is 5.97 Å². The molecule has 0 spiro atoms. The van der Waals surface area contributed by atoms with Gasteiger partial charge in [0.05, 0.1) is 19.3 Å². The average molecular weight is 399 g/mol. The molecule has 0 bridgehead atoms. The monoisotopic (exact) mass is 399 g/mol. The summed E-state index contributed by atoms with van der Waals surface area (Å²) in [6.07, 6.45) is 0. The summed E-state index contributed by atoms with van der Waals surface area (Å²) in [5.41, 5.74) is 1.30. The Labute approximate surface area is 170 Å². The van der Waals surface area contributed by atoms with Crippen molar-refractivity contribution >= 4 is 23.3 Å². The Balaban J connectivity index is 1.92. The van der Waals surface area contributed by atoms with Crippen LogP contribution in [0.5, 0.6) is 11.5 Å². The second kappa shape index (κ2) is 10.3. The zero-order valence-corrected chi connectivity index (χ0v) is 17.0. The Hall–Kier alpha value is -3.35. The summed E-state index contributed by atoms with van der Waals surface area (Å²) in [4.78, 5) is 35.5. The molecule has 0 aromatic heterocycles. The van der Waals surface area contributed by atoms with Crippen LogP contribution in [0.1, 0.15) is 41.5 Å². The topological polar surface area (TPSA) is 90.9 Å². The molecule has 0 aliphatic rings. The molecular formula is C22H25NO6. The number of hydrogen-bond donors (Lipinski definition) is 1. The molecule has 0 radical (unpaired) electrons. The Morgan fingerprint density at radius 2 is 1.62 bits per heavy atom. The minimum absolute atomic E-state index is 0.0622. The van der Waals surface area contributed by atoms with Gasteiger partial charge in [-0.3, -0.25) is 9.59 Å². The fraction of sp³-hybridized carbons (Fsp3) is 0.318. The minimum Gasteiger partial charge on any atom is -0.493 e. The number of benzene rings is 2. The number of anilines is 1. The zero-order valence-electron chi connectivity index (χ0n) is 17.0. The quantitative estimate of drug-likeness (QED) is 0.510. The fourth-order valence-electron chi connectivity index (χ4n) is 2.37. The predicted octanol–water partition coefficient (Wildman–Crippen LogP) is 3.73. The third-order valence-corrected chi connectivity index (χ3v) is 3.88. The maximum atomic E-state index is 12.2. The molecule has 2 rings (SSSR count). The zero-order chi connectivity index (χ0) is 21.4. The third kappa shape index (κ3) is 6.64. The highest BCUT2D eigenvalue weighted by molar-refractivity contribution is 5.97. The number of ether oxygens (including phenoxy) is 3. The van der Waals surface area contributed by atoms with Crippen molar-refractivity contribution in [3.05, 3.63) is 53.6 Å². The largest absolute Gasteiger partial charge is 0.493 e. The minimum atomic E-state index is -0.652. The first-order valence-electron chi connectivity index (χ1n) is 9.19. The molecule has 0 aliphatic heterocycles. The molecular weight excluding hydrogens is 374 g/mol. The molecule has 0 heterocycles. The fourth-order valence-corrected chi connectivity index (χ4v) is 2.37. The van der Waals surface area contributed by atoms with E-state index in [9.17, 15) is 14.4 Å². The van der Waals surface area contributed by atoms with Crippen molar-refractivity contribution < 1.29 is 28.6 Å². The highest BCUT2D eigenvalue weighted by Crippen LogP contribution is 2.28. The Morgan fingerprint density at radius 1 is 0.966 bits per heavy atom. The lowest BCUT2D eigenvalue weighted by atomic mass is 10.1. The lowest BCUT2D eigenvalue weighted by molar-refractivity contribution is -0.119. The summed E-state index contributed by atoms with van der Waals surface area (Å²) in [7, 11) is 1.48. The van der Waals surface area contributed by atoms with E-state index >= 15 is 0 Å². The van der Waals surface area contributed by atoms with E-state index in [4.69, 9.17) is 14.2 Å². The molecule has 0 fully saturated rings. The van der Waals surface area contributed by atoms with E-state index in [2.05, 4.69) is 5.32 Å². The Bertz CT molecular complexity index is 873. The number of rotatable bonds is 9. The van der Waals surface area contributed by atoms with Gasteiger partial charge in [0.25, 0.3) is 5.91 Å². The van der Waals surface area contributed by atoms with E-state index in [1.165, 1.54) is 20.1 Å². The molecule has 0 aliphatic carbocycles. The van der Waals surface area contributed by atoms with Gasteiger partial charge in [0, 0.05) is 11.3 Å². The highest BCUT2D eigenvalue weighted by atomic mass is 16.5. The van der Waals surface area contributed by atoms with Crippen LogP contribution in [-0.2, 0) is 9.53 Å². The van der Waals surface area contributed by atoms with Crippen molar-refractivity contribution in [2.75, 3.05) is 25.6 Å². The first-order valence-corrected chi connectivity index (χ1v) is 9.19. The molecule has 1 amide bonds. The van der Waals surface area contributed by atoms with Gasteiger partial charge in [-0.2, -0.15) is 0 Å². The Kier molecular flexibility index (Phi) is 7.77. The summed E-state index contributed by atoms with van der Waals surface area (Å²) in [5.74, 6) is 0.0903. The molecule has 0 atom stereocenters. The normalized spacial score (nSPS) is 10.4. The van der Waals surface area contributed by atoms with Gasteiger partial charge in [-0.1, -0.05) is 13.8 Å². The van der Waals surface area contributed by atoms with Crippen LogP contribution < -0.4 is 14.8 Å². The van der Waals surface area contributed by atoms with Crippen LogP contribution >= 0.6 is 0 Å². The van der Waals surface area contributed by atoms with E-state index in [0.717, 1.165) is 0 Å². The van der Waals surface area contributed by atoms with Gasteiger partial charge in [-0.05, 0) is 55.3 Å². The van der Waals surface area contributed by atoms with Crippen molar-refractivity contribution in [2.24, 2.45) is 5.92 Å². The number of carbonyl (C=O) groups is 3. The molecule has 29 heavy (non-hydrogen) atoms. The lowest BCUT2D eigenvalue weighted by Crippen LogP contribution is -2.21. The number of Topliss-reactive ketones (excluding diaryl/α,β-unsaturated/α-hetero) is 1. The molecule has 0 unspecified atom stereocenters. The summed E-state index contributed by atoms with van der Waals surface area (Å²) in [6.45, 7) is 5.60. The van der Waals surface area contributed by atoms with E-state index in [-0.39, 0.29) is 11.3 Å². The first kappa shape index (κ1) is 21.9. The van der Waals surface area contributed by atoms with Gasteiger partial charge in [0.15, 0.2) is 23.9 Å². The number of methoxy groups -OCH3 is 1. The van der Waals surface area contributed by atoms with E-state index in [1.807, 2.05) is 13.8 Å². The summed E-state index contributed by atoms with van der Waals surface area (Å²) >= 11 is 0. The number of nitrogens with one attached hydrogen (secondary N) is 1. The van der Waals surface area contributed by atoms with E-state index < -0.39 is 18.5 Å². The van der Waals surface area contributed by atoms with Crippen LogP contribution in [0.15, 0.2) is 42.5 Å². The third-order valence-electron chi connectivity index (χ3n) is 3.88. The molecule has 2 aromatic rings. The van der Waals surface area contributed by atoms with Crippen molar-refractivity contribution in [3.8, 4) is 11.5 Å². The molecule has 0 saturated carbocycles. The molecule has 7 heteroatoms.